The molecule has 0 saturated carbocycles. The number of carbonyl (C=O) groups is 2. The summed E-state index contributed by atoms with van der Waals surface area (Å²) in [7, 11) is 0. The van der Waals surface area contributed by atoms with Gasteiger partial charge in [-0.1, -0.05) is 12.1 Å². The van der Waals surface area contributed by atoms with E-state index in [0.29, 0.717) is 31.4 Å². The number of H-pyrrole nitrogens is 1. The normalized spacial score (nSPS) is 15.2. The van der Waals surface area contributed by atoms with Crippen LogP contribution in [0, 0.1) is 12.3 Å². The smallest absolute Gasteiger partial charge is 0.254 e. The van der Waals surface area contributed by atoms with E-state index < -0.39 is 11.7 Å². The zero-order chi connectivity index (χ0) is 18.6. The highest BCUT2D eigenvalue weighted by atomic mass is 16.2. The Kier molecular flexibility index (Phi) is 5.03. The number of nitrogens with zero attached hydrogens (tertiary/aromatic N) is 2. The lowest BCUT2D eigenvalue weighted by atomic mass is 10.0. The van der Waals surface area contributed by atoms with Crippen LogP contribution >= 0.6 is 0 Å². The van der Waals surface area contributed by atoms with Gasteiger partial charge in [0.15, 0.2) is 5.66 Å². The van der Waals surface area contributed by atoms with Crippen LogP contribution in [-0.2, 0) is 4.79 Å². The summed E-state index contributed by atoms with van der Waals surface area (Å²) in [6, 6.07) is 6.70. The first-order valence-electron chi connectivity index (χ1n) is 8.57. The second-order valence-electron chi connectivity index (χ2n) is 6.37. The molecular formula is C19H21N5O2. The molecule has 3 N–H and O–H groups in total. The molecule has 0 bridgehead atoms. The van der Waals surface area contributed by atoms with Crippen LogP contribution in [0.15, 0.2) is 40.7 Å². The van der Waals surface area contributed by atoms with E-state index in [1.165, 1.54) is 0 Å². The van der Waals surface area contributed by atoms with Crippen molar-refractivity contribution in [2.24, 2.45) is 10.2 Å². The molecule has 0 saturated heterocycles. The lowest BCUT2D eigenvalue weighted by Crippen LogP contribution is -2.45. The first kappa shape index (κ1) is 17.7. The molecule has 0 spiro atoms. The lowest BCUT2D eigenvalue weighted by Gasteiger charge is -2.15. The fraction of sp³-hybridized carbons (Fsp3) is 0.368. The number of aromatic amines is 1. The van der Waals surface area contributed by atoms with Crippen molar-refractivity contribution < 1.29 is 9.59 Å². The van der Waals surface area contributed by atoms with Crippen molar-refractivity contribution in [1.82, 2.24) is 15.6 Å². The van der Waals surface area contributed by atoms with E-state index in [2.05, 4.69) is 31.8 Å². The molecule has 1 aromatic carbocycles. The minimum atomic E-state index is -0.651. The number of nitrogens with one attached hydrogen (secondary N) is 3. The summed E-state index contributed by atoms with van der Waals surface area (Å²) in [5, 5.41) is 14.5. The molecule has 1 aliphatic heterocycles. The van der Waals surface area contributed by atoms with Crippen LogP contribution in [0.5, 0.6) is 0 Å². The van der Waals surface area contributed by atoms with Crippen molar-refractivity contribution >= 4 is 22.7 Å². The van der Waals surface area contributed by atoms with Crippen LogP contribution in [0.2, 0.25) is 0 Å². The number of rotatable bonds is 8. The number of hydrogen-bond acceptors (Lipinski definition) is 4. The monoisotopic (exact) mass is 351 g/mol. The molecule has 3 rings (SSSR count). The number of fused-ring (bicyclic) bond motifs is 1. The predicted molar refractivity (Wildman–Crippen MR) is 98.5 cm³/mol. The number of terminal acetylenes is 1. The molecule has 7 nitrogen and oxygen atoms in total. The Morgan fingerprint density at radius 1 is 1.31 bits per heavy atom. The quantitative estimate of drug-likeness (QED) is 0.636. The average molecular weight is 351 g/mol. The van der Waals surface area contributed by atoms with Gasteiger partial charge in [0.2, 0.25) is 5.91 Å². The molecule has 2 amide bonds. The number of hydrogen-bond donors (Lipinski definition) is 3. The van der Waals surface area contributed by atoms with Crippen molar-refractivity contribution in [3.05, 3.63) is 36.0 Å². The number of benzene rings is 1. The number of para-hydroxylation sites is 1. The Morgan fingerprint density at radius 2 is 2.12 bits per heavy atom. The second kappa shape index (κ2) is 7.40. The highest BCUT2D eigenvalue weighted by molar-refractivity contribution is 6.06. The van der Waals surface area contributed by atoms with E-state index >= 15 is 0 Å². The largest absolute Gasteiger partial charge is 0.361 e. The van der Waals surface area contributed by atoms with Crippen molar-refractivity contribution in [3.8, 4) is 12.3 Å². The van der Waals surface area contributed by atoms with Gasteiger partial charge in [-0.15, -0.1) is 12.3 Å². The highest BCUT2D eigenvalue weighted by Crippen LogP contribution is 2.35. The Morgan fingerprint density at radius 3 is 2.85 bits per heavy atom. The molecule has 1 aliphatic rings. The molecule has 7 heteroatoms. The molecule has 0 fully saturated rings. The van der Waals surface area contributed by atoms with Gasteiger partial charge >= 0.3 is 0 Å². The van der Waals surface area contributed by atoms with E-state index in [4.69, 9.17) is 6.42 Å². The first-order valence-corrected chi connectivity index (χ1v) is 8.57. The standard InChI is InChI=1S/C19H21N5O2/c1-3-4-9-19(23-24-19)10-12-21-17(25)13(2)22-18(26)15-7-5-6-14-8-11-20-16(14)15/h1,5-8,11,13,20H,4,9-10,12H2,2H3,(H,21,25)(H,22,26). The average Bonchev–Trinajstić information content (AvgIpc) is 3.23. The number of amides is 2. The Bertz CT molecular complexity index is 887. The van der Waals surface area contributed by atoms with E-state index in [0.717, 1.165) is 10.9 Å². The Hall–Kier alpha value is -3.14. The van der Waals surface area contributed by atoms with Crippen molar-refractivity contribution in [1.29, 1.82) is 0 Å². The summed E-state index contributed by atoms with van der Waals surface area (Å²) < 4.78 is 0. The maximum Gasteiger partial charge on any atom is 0.254 e. The molecular weight excluding hydrogens is 330 g/mol. The van der Waals surface area contributed by atoms with Crippen LogP contribution in [0.4, 0.5) is 0 Å². The highest BCUT2D eigenvalue weighted by Gasteiger charge is 2.38. The summed E-state index contributed by atoms with van der Waals surface area (Å²) in [4.78, 5) is 27.7. The predicted octanol–water partition coefficient (Wildman–Crippen LogP) is 2.37. The zero-order valence-corrected chi connectivity index (χ0v) is 14.6. The lowest BCUT2D eigenvalue weighted by molar-refractivity contribution is -0.122. The van der Waals surface area contributed by atoms with Crippen LogP contribution in [0.25, 0.3) is 10.9 Å². The third kappa shape index (κ3) is 3.91. The summed E-state index contributed by atoms with van der Waals surface area (Å²) in [6.45, 7) is 2.09. The molecule has 2 heterocycles. The van der Waals surface area contributed by atoms with Gasteiger partial charge in [-0.2, -0.15) is 10.2 Å². The molecule has 1 unspecified atom stereocenters. The van der Waals surface area contributed by atoms with Gasteiger partial charge in [0.1, 0.15) is 6.04 Å². The van der Waals surface area contributed by atoms with Crippen molar-refractivity contribution in [2.45, 2.75) is 37.9 Å². The van der Waals surface area contributed by atoms with Crippen LogP contribution in [0.1, 0.15) is 36.5 Å². The number of carbonyl (C=O) groups excluding carboxylic acids is 2. The van der Waals surface area contributed by atoms with E-state index in [-0.39, 0.29) is 11.8 Å². The van der Waals surface area contributed by atoms with E-state index in [1.54, 1.807) is 19.2 Å². The van der Waals surface area contributed by atoms with Gasteiger partial charge in [0.25, 0.3) is 5.91 Å². The summed E-state index contributed by atoms with van der Waals surface area (Å²) in [5.74, 6) is 2.03. The minimum absolute atomic E-state index is 0.246. The van der Waals surface area contributed by atoms with Gasteiger partial charge in [0.05, 0.1) is 11.1 Å². The van der Waals surface area contributed by atoms with Gasteiger partial charge < -0.3 is 15.6 Å². The maximum absolute atomic E-state index is 12.5. The third-order valence-electron chi connectivity index (χ3n) is 4.45. The topological polar surface area (TPSA) is 98.7 Å². The molecule has 2 aromatic rings. The minimum Gasteiger partial charge on any atom is -0.361 e. The zero-order valence-electron chi connectivity index (χ0n) is 14.6. The van der Waals surface area contributed by atoms with E-state index in [9.17, 15) is 9.59 Å². The van der Waals surface area contributed by atoms with Crippen molar-refractivity contribution in [3.63, 3.8) is 0 Å². The fourth-order valence-electron chi connectivity index (χ4n) is 2.82. The molecule has 1 aromatic heterocycles. The molecule has 134 valence electrons. The molecule has 26 heavy (non-hydrogen) atoms. The van der Waals surface area contributed by atoms with Gasteiger partial charge in [-0.05, 0) is 19.1 Å². The van der Waals surface area contributed by atoms with Crippen LogP contribution < -0.4 is 10.6 Å². The molecule has 0 aliphatic carbocycles. The Labute approximate surface area is 151 Å². The summed E-state index contributed by atoms with van der Waals surface area (Å²) in [6.07, 6.45) is 8.96. The SMILES string of the molecule is C#CCCC1(CCNC(=O)C(C)NC(=O)c2cccc3cc[nH]c23)N=N1. The fourth-order valence-corrected chi connectivity index (χ4v) is 2.82. The van der Waals surface area contributed by atoms with Crippen LogP contribution in [-0.4, -0.2) is 35.0 Å². The Balaban J connectivity index is 1.49. The maximum atomic E-state index is 12.5. The molecule has 0 radical (unpaired) electrons. The van der Waals surface area contributed by atoms with Crippen molar-refractivity contribution in [2.75, 3.05) is 6.54 Å². The van der Waals surface area contributed by atoms with Crippen LogP contribution in [0.3, 0.4) is 0 Å². The number of aromatic nitrogens is 1. The summed E-state index contributed by atoms with van der Waals surface area (Å²) >= 11 is 0. The van der Waals surface area contributed by atoms with Gasteiger partial charge in [-0.3, -0.25) is 9.59 Å². The van der Waals surface area contributed by atoms with Gasteiger partial charge in [-0.25, -0.2) is 0 Å². The summed E-state index contributed by atoms with van der Waals surface area (Å²) in [5.41, 5.74) is 0.844. The van der Waals surface area contributed by atoms with E-state index in [1.807, 2.05) is 18.2 Å². The second-order valence-corrected chi connectivity index (χ2v) is 6.37. The molecule has 1 atom stereocenters. The van der Waals surface area contributed by atoms with Gasteiger partial charge in [0, 0.05) is 37.4 Å². The third-order valence-corrected chi connectivity index (χ3v) is 4.45. The first-order chi connectivity index (χ1) is 12.5.